The van der Waals surface area contributed by atoms with Crippen LogP contribution in [-0.4, -0.2) is 66.8 Å². The average molecular weight is 569 g/mol. The van der Waals surface area contributed by atoms with Gasteiger partial charge in [-0.3, -0.25) is 0 Å². The molecular weight excluding hydrogens is 508 g/mol. The van der Waals surface area contributed by atoms with E-state index < -0.39 is 29.2 Å². The number of hydrogen-bond acceptors (Lipinski definition) is 8. The summed E-state index contributed by atoms with van der Waals surface area (Å²) >= 11 is 0. The van der Waals surface area contributed by atoms with Crippen LogP contribution in [0.5, 0.6) is 0 Å². The van der Waals surface area contributed by atoms with Crippen LogP contribution in [0.15, 0.2) is 0 Å². The predicted octanol–water partition coefficient (Wildman–Crippen LogP) is 7.31. The van der Waals surface area contributed by atoms with Crippen LogP contribution in [0.4, 0.5) is 0 Å². The molecule has 10 heteroatoms. The molecule has 0 bridgehead atoms. The van der Waals surface area contributed by atoms with E-state index in [0.29, 0.717) is 19.6 Å². The molecule has 0 unspecified atom stereocenters. The summed E-state index contributed by atoms with van der Waals surface area (Å²) in [5.74, 6) is -1.70. The lowest BCUT2D eigenvalue weighted by atomic mass is 10.3. The van der Waals surface area contributed by atoms with Crippen LogP contribution in [0.3, 0.4) is 0 Å². The van der Waals surface area contributed by atoms with Gasteiger partial charge in [-0.15, -0.1) is 0 Å². The van der Waals surface area contributed by atoms with E-state index in [9.17, 15) is 0 Å². The molecule has 37 heavy (non-hydrogen) atoms. The van der Waals surface area contributed by atoms with Gasteiger partial charge in [0.15, 0.2) is 11.6 Å². The van der Waals surface area contributed by atoms with Crippen molar-refractivity contribution in [3.8, 4) is 0 Å². The molecule has 0 radical (unpaired) electrons. The molecule has 0 aromatic heterocycles. The van der Waals surface area contributed by atoms with Crippen molar-refractivity contribution >= 4 is 17.6 Å². The van der Waals surface area contributed by atoms with E-state index in [4.69, 9.17) is 36.0 Å². The van der Waals surface area contributed by atoms with E-state index >= 15 is 0 Å². The summed E-state index contributed by atoms with van der Waals surface area (Å²) in [6, 6.07) is 1.48. The lowest BCUT2D eigenvalue weighted by molar-refractivity contribution is -0.207. The van der Waals surface area contributed by atoms with Crippen LogP contribution in [0, 0.1) is 0 Å². The minimum absolute atomic E-state index is 0.00567. The Balaban J connectivity index is 5.08. The molecule has 0 rings (SSSR count). The Labute approximate surface area is 231 Å². The molecule has 0 aliphatic rings. The molecule has 0 heterocycles. The van der Waals surface area contributed by atoms with E-state index in [2.05, 4.69) is 13.8 Å². The maximum Gasteiger partial charge on any atom is 0.503 e. The molecular formula is C27H60O8Si2. The van der Waals surface area contributed by atoms with Crippen LogP contribution in [-0.2, 0) is 36.0 Å². The molecule has 0 aromatic carbocycles. The summed E-state index contributed by atoms with van der Waals surface area (Å²) in [5.41, 5.74) is 0. The third-order valence-electron chi connectivity index (χ3n) is 4.76. The maximum absolute atomic E-state index is 6.48. The topological polar surface area (TPSA) is 73.8 Å². The largest absolute Gasteiger partial charge is 0.503 e. The van der Waals surface area contributed by atoms with Crippen LogP contribution in [0.25, 0.3) is 0 Å². The lowest BCUT2D eigenvalue weighted by Gasteiger charge is -2.39. The third kappa shape index (κ3) is 16.7. The molecule has 0 saturated heterocycles. The number of rotatable bonds is 22. The first kappa shape index (κ1) is 37.1. The molecule has 0 aliphatic carbocycles. The average Bonchev–Trinajstić information content (AvgIpc) is 2.64. The smallest absolute Gasteiger partial charge is 0.371 e. The molecule has 0 saturated carbocycles. The van der Waals surface area contributed by atoms with Gasteiger partial charge in [0.05, 0.1) is 13.2 Å². The summed E-state index contributed by atoms with van der Waals surface area (Å²) < 4.78 is 50.3. The van der Waals surface area contributed by atoms with Gasteiger partial charge in [0.1, 0.15) is 0 Å². The van der Waals surface area contributed by atoms with Crippen LogP contribution in [0.2, 0.25) is 12.1 Å². The van der Waals surface area contributed by atoms with Crippen molar-refractivity contribution in [2.75, 3.05) is 13.2 Å². The van der Waals surface area contributed by atoms with Gasteiger partial charge in [-0.25, -0.2) is 0 Å². The zero-order valence-corrected chi connectivity index (χ0v) is 28.5. The van der Waals surface area contributed by atoms with Crippen molar-refractivity contribution in [3.05, 3.63) is 0 Å². The highest BCUT2D eigenvalue weighted by Gasteiger charge is 2.48. The van der Waals surface area contributed by atoms with Crippen LogP contribution in [0.1, 0.15) is 116 Å². The summed E-state index contributed by atoms with van der Waals surface area (Å²) in [6.07, 6.45) is 2.52. The highest BCUT2D eigenvalue weighted by molar-refractivity contribution is 6.61. The monoisotopic (exact) mass is 568 g/mol. The fraction of sp³-hybridized carbons (Fsp3) is 1.00. The van der Waals surface area contributed by atoms with Gasteiger partial charge in [0, 0.05) is 36.5 Å². The molecule has 0 N–H and O–H groups in total. The fourth-order valence-corrected chi connectivity index (χ4v) is 10.7. The first-order valence-electron chi connectivity index (χ1n) is 14.3. The summed E-state index contributed by atoms with van der Waals surface area (Å²) in [4.78, 5) is 0. The Morgan fingerprint density at radius 2 is 0.784 bits per heavy atom. The summed E-state index contributed by atoms with van der Waals surface area (Å²) in [5, 5.41) is 0. The van der Waals surface area contributed by atoms with E-state index in [1.54, 1.807) is 0 Å². The Morgan fingerprint density at radius 3 is 1.00 bits per heavy atom. The molecule has 0 aliphatic heterocycles. The van der Waals surface area contributed by atoms with E-state index in [0.717, 1.165) is 24.9 Å². The van der Waals surface area contributed by atoms with Gasteiger partial charge in [-0.2, -0.15) is 0 Å². The zero-order valence-electron chi connectivity index (χ0n) is 26.5. The van der Waals surface area contributed by atoms with Gasteiger partial charge < -0.3 is 36.0 Å². The quantitative estimate of drug-likeness (QED) is 0.0764. The normalized spacial score (nSPS) is 14.1. The van der Waals surface area contributed by atoms with Gasteiger partial charge in [0.25, 0.3) is 0 Å². The molecule has 8 nitrogen and oxygen atoms in total. The van der Waals surface area contributed by atoms with Crippen LogP contribution >= 0.6 is 0 Å². The Bertz CT molecular complexity index is 527. The van der Waals surface area contributed by atoms with Crippen LogP contribution < -0.4 is 0 Å². The molecule has 0 amide bonds. The Morgan fingerprint density at radius 1 is 0.514 bits per heavy atom. The summed E-state index contributed by atoms with van der Waals surface area (Å²) in [6.45, 7) is 28.9. The first-order valence-corrected chi connectivity index (χ1v) is 18.2. The summed E-state index contributed by atoms with van der Waals surface area (Å²) in [7, 11) is -5.83. The van der Waals surface area contributed by atoms with Gasteiger partial charge in [-0.05, 0) is 89.5 Å². The predicted molar refractivity (Wildman–Crippen MR) is 153 cm³/mol. The van der Waals surface area contributed by atoms with E-state index in [-0.39, 0.29) is 24.4 Å². The SMILES string of the molecule is CCC[Si](OC(C)C)(OC(C)C)OC(C)(C)OCCCOC(C)(C)O[Si](CCC)(OC(C)C)OC(C)C. The van der Waals surface area contributed by atoms with Gasteiger partial charge in [0.2, 0.25) is 0 Å². The van der Waals surface area contributed by atoms with Crippen molar-refractivity contribution in [2.45, 2.75) is 164 Å². The van der Waals surface area contributed by atoms with E-state index in [1.165, 1.54) is 0 Å². The van der Waals surface area contributed by atoms with Gasteiger partial charge in [-0.1, -0.05) is 26.7 Å². The standard InChI is InChI=1S/C27H60O8Si2/c1-15-20-36(30-22(3)4,31-23(5)6)34-26(11,12)28-18-17-19-29-27(13,14)35-37(21-16-2,32-24(7)8)33-25(9)10/h22-25H,15-21H2,1-14H3. The molecule has 0 fully saturated rings. The Hall–Kier alpha value is 0.114. The van der Waals surface area contributed by atoms with Crippen molar-refractivity contribution in [2.24, 2.45) is 0 Å². The first-order chi connectivity index (χ1) is 16.9. The van der Waals surface area contributed by atoms with Crippen molar-refractivity contribution in [1.29, 1.82) is 0 Å². The number of ether oxygens (including phenoxy) is 2. The number of hydrogen-bond donors (Lipinski definition) is 0. The van der Waals surface area contributed by atoms with Crippen molar-refractivity contribution < 1.29 is 36.0 Å². The maximum atomic E-state index is 6.48. The molecule has 0 spiro atoms. The minimum Gasteiger partial charge on any atom is -0.371 e. The second-order valence-electron chi connectivity index (χ2n) is 11.6. The highest BCUT2D eigenvalue weighted by Crippen LogP contribution is 2.30. The molecule has 0 atom stereocenters. The fourth-order valence-electron chi connectivity index (χ4n) is 4.04. The second kappa shape index (κ2) is 17.0. The highest BCUT2D eigenvalue weighted by atomic mass is 28.4. The zero-order chi connectivity index (χ0) is 28.9. The third-order valence-corrected chi connectivity index (χ3v) is 11.9. The minimum atomic E-state index is -2.92. The van der Waals surface area contributed by atoms with Gasteiger partial charge >= 0.3 is 17.6 Å². The lowest BCUT2D eigenvalue weighted by Crippen LogP contribution is -2.54. The molecule has 0 aromatic rings. The molecule has 224 valence electrons. The van der Waals surface area contributed by atoms with Crippen molar-refractivity contribution in [3.63, 3.8) is 0 Å². The second-order valence-corrected chi connectivity index (χ2v) is 16.7. The van der Waals surface area contributed by atoms with E-state index in [1.807, 2.05) is 83.1 Å². The van der Waals surface area contributed by atoms with Crippen molar-refractivity contribution in [1.82, 2.24) is 0 Å². The Kier molecular flexibility index (Phi) is 17.1.